The van der Waals surface area contributed by atoms with Gasteiger partial charge in [-0.2, -0.15) is 0 Å². The van der Waals surface area contributed by atoms with E-state index in [9.17, 15) is 4.79 Å². The number of hydrogen-bond donors (Lipinski definition) is 0. The van der Waals surface area contributed by atoms with Gasteiger partial charge in [-0.25, -0.2) is 0 Å². The van der Waals surface area contributed by atoms with Crippen molar-refractivity contribution in [3.63, 3.8) is 0 Å². The normalized spacial score (nSPS) is 31.2. The molecule has 1 aliphatic heterocycles. The Balaban J connectivity index is 1.50. The van der Waals surface area contributed by atoms with Gasteiger partial charge in [0.2, 0.25) is 5.91 Å². The fourth-order valence-electron chi connectivity index (χ4n) is 6.10. The fraction of sp³-hybridized carbons (Fsp3) is 0.885. The van der Waals surface area contributed by atoms with Gasteiger partial charge in [-0.1, -0.05) is 77.4 Å². The minimum absolute atomic E-state index is 0.0560. The van der Waals surface area contributed by atoms with Gasteiger partial charge in [0, 0.05) is 6.54 Å². The highest BCUT2D eigenvalue weighted by molar-refractivity contribution is 6.02. The lowest BCUT2D eigenvalue weighted by Crippen LogP contribution is -2.28. The lowest BCUT2D eigenvalue weighted by Gasteiger charge is -2.31. The zero-order valence-electron chi connectivity index (χ0n) is 18.8. The minimum atomic E-state index is -0.0560. The summed E-state index contributed by atoms with van der Waals surface area (Å²) in [6.07, 6.45) is 20.6. The van der Waals surface area contributed by atoms with E-state index in [0.717, 1.165) is 37.1 Å². The molecule has 0 aromatic heterocycles. The topological polar surface area (TPSA) is 20.1 Å². The van der Waals surface area contributed by atoms with Crippen molar-refractivity contribution in [3.05, 3.63) is 12.2 Å². The van der Waals surface area contributed by atoms with Crippen molar-refractivity contribution < 1.29 is 4.79 Å². The van der Waals surface area contributed by atoms with E-state index in [-0.39, 0.29) is 5.54 Å². The van der Waals surface area contributed by atoms with Gasteiger partial charge in [0.1, 0.15) is 5.54 Å². The maximum Gasteiger partial charge on any atom is 0.249 e. The molecule has 1 amide bonds. The summed E-state index contributed by atoms with van der Waals surface area (Å²) in [5.74, 6) is 2.78. The van der Waals surface area contributed by atoms with Crippen molar-refractivity contribution in [2.75, 3.05) is 6.54 Å². The average Bonchev–Trinajstić information content (AvgIpc) is 3.26. The first-order valence-electron chi connectivity index (χ1n) is 12.6. The van der Waals surface area contributed by atoms with E-state index in [1.54, 1.807) is 0 Å². The maximum atomic E-state index is 13.0. The van der Waals surface area contributed by atoms with Crippen LogP contribution in [0.1, 0.15) is 117 Å². The van der Waals surface area contributed by atoms with Gasteiger partial charge in [-0.15, -0.1) is 0 Å². The van der Waals surface area contributed by atoms with Crippen molar-refractivity contribution in [2.24, 2.45) is 17.8 Å². The van der Waals surface area contributed by atoms with Crippen molar-refractivity contribution in [1.82, 2.24) is 4.90 Å². The quantitative estimate of drug-likeness (QED) is 0.269. The molecule has 0 spiro atoms. The van der Waals surface area contributed by atoms with Crippen LogP contribution in [0.25, 0.3) is 0 Å². The first kappa shape index (κ1) is 21.9. The second-order valence-corrected chi connectivity index (χ2v) is 10.2. The molecule has 2 heteroatoms. The van der Waals surface area contributed by atoms with Crippen LogP contribution in [0.5, 0.6) is 0 Å². The van der Waals surface area contributed by atoms with Crippen molar-refractivity contribution >= 4 is 5.91 Å². The van der Waals surface area contributed by atoms with Crippen LogP contribution in [0.3, 0.4) is 0 Å². The molecule has 0 aromatic carbocycles. The van der Waals surface area contributed by atoms with Gasteiger partial charge < -0.3 is 4.90 Å². The Labute approximate surface area is 174 Å². The predicted molar refractivity (Wildman–Crippen MR) is 119 cm³/mol. The van der Waals surface area contributed by atoms with Crippen molar-refractivity contribution in [1.29, 1.82) is 0 Å². The molecule has 0 radical (unpaired) electrons. The molecule has 1 heterocycles. The number of hydrogen-bond acceptors (Lipinski definition) is 1. The SMILES string of the molecule is C=C(CCCC)C1CCC(CN2C(=O)C2(CCCC)CC2CCCCC2)CC1. The molecule has 0 bridgehead atoms. The standard InChI is InChI=1S/C26H45NO/c1-4-6-11-21(3)24-16-14-23(15-17-24)20-27-25(28)26(27,18-7-5-2)19-22-12-9-8-10-13-22/h22-24H,3-20H2,1-2H3. The van der Waals surface area contributed by atoms with E-state index in [1.165, 1.54) is 95.5 Å². The molecular weight excluding hydrogens is 342 g/mol. The second kappa shape index (κ2) is 10.3. The Morgan fingerprint density at radius 1 is 0.964 bits per heavy atom. The highest BCUT2D eigenvalue weighted by Crippen LogP contribution is 2.48. The van der Waals surface area contributed by atoms with Crippen LogP contribution >= 0.6 is 0 Å². The monoisotopic (exact) mass is 387 g/mol. The van der Waals surface area contributed by atoms with Crippen LogP contribution in [-0.4, -0.2) is 22.9 Å². The molecule has 3 fully saturated rings. The molecule has 0 aromatic rings. The van der Waals surface area contributed by atoms with E-state index >= 15 is 0 Å². The summed E-state index contributed by atoms with van der Waals surface area (Å²) in [6.45, 7) is 9.96. The maximum absolute atomic E-state index is 13.0. The molecule has 3 aliphatic rings. The second-order valence-electron chi connectivity index (χ2n) is 10.2. The lowest BCUT2D eigenvalue weighted by atomic mass is 9.77. The first-order valence-corrected chi connectivity index (χ1v) is 12.6. The molecule has 1 unspecified atom stereocenters. The zero-order valence-corrected chi connectivity index (χ0v) is 18.8. The molecule has 2 aliphatic carbocycles. The van der Waals surface area contributed by atoms with E-state index in [2.05, 4.69) is 25.3 Å². The highest BCUT2D eigenvalue weighted by atomic mass is 16.2. The minimum Gasteiger partial charge on any atom is -0.326 e. The van der Waals surface area contributed by atoms with Crippen LogP contribution in [0, 0.1) is 17.8 Å². The summed E-state index contributed by atoms with van der Waals surface area (Å²) in [5, 5.41) is 0. The average molecular weight is 388 g/mol. The van der Waals surface area contributed by atoms with Gasteiger partial charge in [0.05, 0.1) is 0 Å². The van der Waals surface area contributed by atoms with Crippen molar-refractivity contribution in [3.8, 4) is 0 Å². The number of unbranched alkanes of at least 4 members (excludes halogenated alkanes) is 2. The summed E-state index contributed by atoms with van der Waals surface area (Å²) >= 11 is 0. The zero-order chi connectivity index (χ0) is 20.0. The number of carbonyl (C=O) groups excluding carboxylic acids is 1. The number of carbonyl (C=O) groups is 1. The van der Waals surface area contributed by atoms with E-state index < -0.39 is 0 Å². The highest BCUT2D eigenvalue weighted by Gasteiger charge is 2.61. The Hall–Kier alpha value is -0.790. The first-order chi connectivity index (χ1) is 13.6. The van der Waals surface area contributed by atoms with E-state index in [1.807, 2.05) is 0 Å². The summed E-state index contributed by atoms with van der Waals surface area (Å²) in [6, 6.07) is 0. The summed E-state index contributed by atoms with van der Waals surface area (Å²) in [4.78, 5) is 15.3. The van der Waals surface area contributed by atoms with Gasteiger partial charge in [0.15, 0.2) is 0 Å². The van der Waals surface area contributed by atoms with Crippen LogP contribution in [0.15, 0.2) is 12.2 Å². The Kier molecular flexibility index (Phi) is 8.06. The molecule has 3 rings (SSSR count). The Morgan fingerprint density at radius 2 is 1.64 bits per heavy atom. The number of allylic oxidation sites excluding steroid dienone is 1. The van der Waals surface area contributed by atoms with Gasteiger partial charge in [-0.3, -0.25) is 4.79 Å². The molecular formula is C26H45NO. The molecule has 1 atom stereocenters. The summed E-state index contributed by atoms with van der Waals surface area (Å²) in [5.41, 5.74) is 1.44. The Bertz CT molecular complexity index is 513. The summed E-state index contributed by atoms with van der Waals surface area (Å²) < 4.78 is 0. The number of amides is 1. The number of nitrogens with zero attached hydrogens (tertiary/aromatic N) is 1. The van der Waals surface area contributed by atoms with Crippen LogP contribution in [-0.2, 0) is 4.79 Å². The Morgan fingerprint density at radius 3 is 2.29 bits per heavy atom. The van der Waals surface area contributed by atoms with E-state index in [4.69, 9.17) is 0 Å². The molecule has 160 valence electrons. The molecule has 0 N–H and O–H groups in total. The number of rotatable bonds is 11. The lowest BCUT2D eigenvalue weighted by molar-refractivity contribution is -0.114. The van der Waals surface area contributed by atoms with Gasteiger partial charge in [-0.05, 0) is 69.1 Å². The summed E-state index contributed by atoms with van der Waals surface area (Å²) in [7, 11) is 0. The van der Waals surface area contributed by atoms with Crippen molar-refractivity contribution in [2.45, 2.75) is 122 Å². The third-order valence-electron chi connectivity index (χ3n) is 8.12. The van der Waals surface area contributed by atoms with Crippen LogP contribution in [0.4, 0.5) is 0 Å². The van der Waals surface area contributed by atoms with Gasteiger partial charge in [0.25, 0.3) is 0 Å². The van der Waals surface area contributed by atoms with Crippen LogP contribution in [0.2, 0.25) is 0 Å². The third-order valence-corrected chi connectivity index (χ3v) is 8.12. The van der Waals surface area contributed by atoms with E-state index in [0.29, 0.717) is 5.91 Å². The largest absolute Gasteiger partial charge is 0.326 e. The fourth-order valence-corrected chi connectivity index (χ4v) is 6.10. The smallest absolute Gasteiger partial charge is 0.249 e. The van der Waals surface area contributed by atoms with Crippen LogP contribution < -0.4 is 0 Å². The predicted octanol–water partition coefficient (Wildman–Crippen LogP) is 7.28. The third kappa shape index (κ3) is 5.22. The molecule has 28 heavy (non-hydrogen) atoms. The molecule has 1 saturated heterocycles. The molecule has 2 nitrogen and oxygen atoms in total. The van der Waals surface area contributed by atoms with Gasteiger partial charge >= 0.3 is 0 Å². The molecule has 2 saturated carbocycles.